The highest BCUT2D eigenvalue weighted by atomic mass is 32.2. The van der Waals surface area contributed by atoms with Gasteiger partial charge in [-0.15, -0.1) is 0 Å². The number of nitrogens with zero attached hydrogens (tertiary/aromatic N) is 1. The number of phenolic OH excluding ortho intramolecular Hbond substituents is 1. The molecule has 0 saturated carbocycles. The normalized spacial score (nSPS) is 20.4. The number of guanidine groups is 1. The number of rotatable bonds is 6. The lowest BCUT2D eigenvalue weighted by atomic mass is 10.1. The van der Waals surface area contributed by atoms with Crippen LogP contribution in [0.3, 0.4) is 0 Å². The van der Waals surface area contributed by atoms with E-state index < -0.39 is 9.84 Å². The Kier molecular flexibility index (Phi) is 6.27. The fourth-order valence-electron chi connectivity index (χ4n) is 2.56. The maximum atomic E-state index is 11.5. The summed E-state index contributed by atoms with van der Waals surface area (Å²) in [5.74, 6) is 1.40. The molecule has 0 radical (unpaired) electrons. The number of benzene rings is 1. The molecule has 2 rings (SSSR count). The molecule has 1 aliphatic rings. The number of sulfone groups is 1. The third-order valence-corrected chi connectivity index (χ3v) is 5.52. The average molecular weight is 339 g/mol. The molecule has 7 heteroatoms. The predicted molar refractivity (Wildman–Crippen MR) is 92.6 cm³/mol. The quantitative estimate of drug-likeness (QED) is 0.410. The lowest BCUT2D eigenvalue weighted by molar-refractivity contribution is 0.475. The van der Waals surface area contributed by atoms with Crippen LogP contribution in [0.4, 0.5) is 0 Å². The van der Waals surface area contributed by atoms with Crippen LogP contribution in [-0.4, -0.2) is 50.1 Å². The molecule has 1 unspecified atom stereocenters. The molecule has 0 aromatic heterocycles. The minimum Gasteiger partial charge on any atom is -0.508 e. The van der Waals surface area contributed by atoms with Crippen molar-refractivity contribution in [3.05, 3.63) is 29.8 Å². The molecule has 1 aromatic rings. The monoisotopic (exact) mass is 339 g/mol. The van der Waals surface area contributed by atoms with Crippen LogP contribution in [0.1, 0.15) is 25.3 Å². The second kappa shape index (κ2) is 8.19. The molecule has 1 aliphatic heterocycles. The van der Waals surface area contributed by atoms with Crippen molar-refractivity contribution < 1.29 is 13.5 Å². The molecule has 1 aromatic carbocycles. The van der Waals surface area contributed by atoms with Crippen LogP contribution in [0.15, 0.2) is 29.3 Å². The van der Waals surface area contributed by atoms with Crippen LogP contribution >= 0.6 is 0 Å². The first-order valence-electron chi connectivity index (χ1n) is 8.01. The number of hydrogen-bond donors (Lipinski definition) is 3. The molecule has 6 nitrogen and oxygen atoms in total. The van der Waals surface area contributed by atoms with Gasteiger partial charge in [0.1, 0.15) is 5.75 Å². The molecule has 0 spiro atoms. The van der Waals surface area contributed by atoms with E-state index in [0.717, 1.165) is 24.9 Å². The number of hydrogen-bond acceptors (Lipinski definition) is 4. The van der Waals surface area contributed by atoms with Crippen molar-refractivity contribution in [3.8, 4) is 5.75 Å². The van der Waals surface area contributed by atoms with Gasteiger partial charge >= 0.3 is 0 Å². The molecule has 1 atom stereocenters. The van der Waals surface area contributed by atoms with E-state index >= 15 is 0 Å². The highest BCUT2D eigenvalue weighted by Crippen LogP contribution is 2.12. The van der Waals surface area contributed by atoms with Crippen LogP contribution in [-0.2, 0) is 16.3 Å². The molecule has 128 valence electrons. The number of nitrogens with one attached hydrogen (secondary N) is 2. The third-order valence-electron chi connectivity index (χ3n) is 3.75. The summed E-state index contributed by atoms with van der Waals surface area (Å²) in [6.07, 6.45) is 2.42. The van der Waals surface area contributed by atoms with Crippen LogP contribution in [0.25, 0.3) is 0 Å². The highest BCUT2D eigenvalue weighted by molar-refractivity contribution is 7.91. The zero-order valence-electron chi connectivity index (χ0n) is 13.5. The summed E-state index contributed by atoms with van der Waals surface area (Å²) in [5.41, 5.74) is 1.16. The van der Waals surface area contributed by atoms with Gasteiger partial charge in [0, 0.05) is 19.1 Å². The van der Waals surface area contributed by atoms with E-state index in [-0.39, 0.29) is 23.3 Å². The molecule has 0 aliphatic carbocycles. The topological polar surface area (TPSA) is 90.8 Å². The lowest BCUT2D eigenvalue weighted by Gasteiger charge is -2.15. The first kappa shape index (κ1) is 17.6. The second-order valence-corrected chi connectivity index (χ2v) is 8.00. The summed E-state index contributed by atoms with van der Waals surface area (Å²) >= 11 is 0. The SMILES string of the molecule is CCNC(=NCCCc1ccc(O)cc1)NC1CCS(=O)(=O)C1. The van der Waals surface area contributed by atoms with E-state index in [2.05, 4.69) is 15.6 Å². The molecule has 23 heavy (non-hydrogen) atoms. The van der Waals surface area contributed by atoms with E-state index in [1.165, 1.54) is 0 Å². The van der Waals surface area contributed by atoms with Crippen molar-refractivity contribution in [2.45, 2.75) is 32.2 Å². The van der Waals surface area contributed by atoms with Gasteiger partial charge in [-0.3, -0.25) is 4.99 Å². The van der Waals surface area contributed by atoms with Crippen molar-refractivity contribution in [3.63, 3.8) is 0 Å². The first-order valence-corrected chi connectivity index (χ1v) is 9.84. The van der Waals surface area contributed by atoms with E-state index in [9.17, 15) is 13.5 Å². The number of phenols is 1. The molecule has 0 bridgehead atoms. The zero-order valence-corrected chi connectivity index (χ0v) is 14.3. The summed E-state index contributed by atoms with van der Waals surface area (Å²) in [4.78, 5) is 4.51. The molecule has 3 N–H and O–H groups in total. The molecular weight excluding hydrogens is 314 g/mol. The molecule has 1 saturated heterocycles. The Morgan fingerprint density at radius 2 is 2.09 bits per heavy atom. The predicted octanol–water partition coefficient (Wildman–Crippen LogP) is 1.07. The van der Waals surface area contributed by atoms with E-state index in [4.69, 9.17) is 0 Å². The summed E-state index contributed by atoms with van der Waals surface area (Å²) < 4.78 is 23.0. The van der Waals surface area contributed by atoms with Gasteiger partial charge in [-0.25, -0.2) is 8.42 Å². The van der Waals surface area contributed by atoms with E-state index in [0.29, 0.717) is 18.9 Å². The fourth-order valence-corrected chi connectivity index (χ4v) is 4.23. The van der Waals surface area contributed by atoms with Crippen molar-refractivity contribution in [2.75, 3.05) is 24.6 Å². The van der Waals surface area contributed by atoms with Crippen LogP contribution in [0.5, 0.6) is 5.75 Å². The average Bonchev–Trinajstić information content (AvgIpc) is 2.84. The van der Waals surface area contributed by atoms with Gasteiger partial charge < -0.3 is 15.7 Å². The van der Waals surface area contributed by atoms with Crippen molar-refractivity contribution in [1.29, 1.82) is 0 Å². The Morgan fingerprint density at radius 3 is 2.70 bits per heavy atom. The van der Waals surface area contributed by atoms with Gasteiger partial charge in [-0.2, -0.15) is 0 Å². The summed E-state index contributed by atoms with van der Waals surface area (Å²) in [5, 5.41) is 15.6. The summed E-state index contributed by atoms with van der Waals surface area (Å²) in [6.45, 7) is 3.39. The second-order valence-electron chi connectivity index (χ2n) is 5.77. The van der Waals surface area contributed by atoms with Crippen LogP contribution in [0, 0.1) is 0 Å². The van der Waals surface area contributed by atoms with Gasteiger partial charge in [0.2, 0.25) is 0 Å². The maximum Gasteiger partial charge on any atom is 0.191 e. The maximum absolute atomic E-state index is 11.5. The molecular formula is C16H25N3O3S. The number of aryl methyl sites for hydroxylation is 1. The largest absolute Gasteiger partial charge is 0.508 e. The van der Waals surface area contributed by atoms with E-state index in [1.54, 1.807) is 12.1 Å². The molecule has 1 fully saturated rings. The zero-order chi connectivity index (χ0) is 16.7. The van der Waals surface area contributed by atoms with Gasteiger partial charge in [-0.05, 0) is 43.9 Å². The van der Waals surface area contributed by atoms with Crippen molar-refractivity contribution in [2.24, 2.45) is 4.99 Å². The van der Waals surface area contributed by atoms with Crippen LogP contribution in [0.2, 0.25) is 0 Å². The Labute approximate surface area is 137 Å². The van der Waals surface area contributed by atoms with Gasteiger partial charge in [0.05, 0.1) is 11.5 Å². The molecule has 1 heterocycles. The smallest absolute Gasteiger partial charge is 0.191 e. The molecule has 0 amide bonds. The Bertz CT molecular complexity index is 626. The minimum absolute atomic E-state index is 0.0464. The van der Waals surface area contributed by atoms with Crippen molar-refractivity contribution >= 4 is 15.8 Å². The number of aliphatic imine (C=N–C) groups is 1. The standard InChI is InChI=1S/C16H25N3O3S/c1-2-17-16(19-14-9-11-23(21,22)12-14)18-10-3-4-13-5-7-15(20)8-6-13/h5-8,14,20H,2-4,9-12H2,1H3,(H2,17,18,19). The summed E-state index contributed by atoms with van der Waals surface area (Å²) in [6, 6.07) is 7.14. The number of aromatic hydroxyl groups is 1. The van der Waals surface area contributed by atoms with Gasteiger partial charge in [0.15, 0.2) is 15.8 Å². The van der Waals surface area contributed by atoms with Gasteiger partial charge in [-0.1, -0.05) is 12.1 Å². The fraction of sp³-hybridized carbons (Fsp3) is 0.562. The minimum atomic E-state index is -2.89. The Balaban J connectivity index is 1.80. The lowest BCUT2D eigenvalue weighted by Crippen LogP contribution is -2.44. The van der Waals surface area contributed by atoms with Crippen molar-refractivity contribution in [1.82, 2.24) is 10.6 Å². The first-order chi connectivity index (χ1) is 11.0. The third kappa shape index (κ3) is 6.09. The van der Waals surface area contributed by atoms with E-state index in [1.807, 2.05) is 19.1 Å². The van der Waals surface area contributed by atoms with Gasteiger partial charge in [0.25, 0.3) is 0 Å². The van der Waals surface area contributed by atoms with Crippen LogP contribution < -0.4 is 10.6 Å². The Hall–Kier alpha value is -1.76. The Morgan fingerprint density at radius 1 is 1.35 bits per heavy atom. The summed E-state index contributed by atoms with van der Waals surface area (Å²) in [7, 11) is -2.89. The highest BCUT2D eigenvalue weighted by Gasteiger charge is 2.28.